The molecule has 74 valence electrons. The fourth-order valence-corrected chi connectivity index (χ4v) is 3.18. The molecule has 0 aromatic carbocycles. The molecule has 15 heavy (non-hydrogen) atoms. The van der Waals surface area contributed by atoms with Crippen LogP contribution in [0.3, 0.4) is 0 Å². The molecule has 1 heterocycles. The van der Waals surface area contributed by atoms with Gasteiger partial charge in [0.1, 0.15) is 17.7 Å². The summed E-state index contributed by atoms with van der Waals surface area (Å²) in [5.41, 5.74) is 2.28. The Balaban J connectivity index is 2.61. The third kappa shape index (κ3) is 1.77. The van der Waals surface area contributed by atoms with Crippen LogP contribution in [-0.2, 0) is 6.42 Å². The summed E-state index contributed by atoms with van der Waals surface area (Å²) < 4.78 is 0.731. The Morgan fingerprint density at radius 1 is 1.33 bits per heavy atom. The molecule has 2 rings (SSSR count). The van der Waals surface area contributed by atoms with Crippen molar-refractivity contribution in [1.82, 2.24) is 0 Å². The van der Waals surface area contributed by atoms with Gasteiger partial charge in [0.15, 0.2) is 0 Å². The van der Waals surface area contributed by atoms with Gasteiger partial charge in [0.2, 0.25) is 0 Å². The average Bonchev–Trinajstić information content (AvgIpc) is 2.61. The Morgan fingerprint density at radius 2 is 2.07 bits per heavy atom. The number of hydrogen-bond acceptors (Lipinski definition) is 3. The summed E-state index contributed by atoms with van der Waals surface area (Å²) in [6.07, 6.45) is 2.79. The zero-order chi connectivity index (χ0) is 10.8. The van der Waals surface area contributed by atoms with Gasteiger partial charge >= 0.3 is 0 Å². The van der Waals surface area contributed by atoms with E-state index in [1.54, 1.807) is 0 Å². The van der Waals surface area contributed by atoms with Crippen LogP contribution in [0.4, 0.5) is 0 Å². The molecule has 0 N–H and O–H groups in total. The number of rotatable bonds is 0. The number of aryl methyl sites for hydroxylation is 1. The highest BCUT2D eigenvalue weighted by Crippen LogP contribution is 2.40. The monoisotopic (exact) mass is 234 g/mol. The third-order valence-corrected chi connectivity index (χ3v) is 3.82. The molecule has 0 bridgehead atoms. The molecule has 0 atom stereocenters. The lowest BCUT2D eigenvalue weighted by Gasteiger charge is -2.13. The van der Waals surface area contributed by atoms with Gasteiger partial charge < -0.3 is 0 Å². The second kappa shape index (κ2) is 4.06. The van der Waals surface area contributed by atoms with Gasteiger partial charge in [-0.2, -0.15) is 10.5 Å². The second-order valence-corrected chi connectivity index (χ2v) is 5.02. The van der Waals surface area contributed by atoms with E-state index in [9.17, 15) is 0 Å². The molecule has 1 aliphatic rings. The Kier molecular flexibility index (Phi) is 2.77. The van der Waals surface area contributed by atoms with Crippen LogP contribution in [0.25, 0.3) is 5.57 Å². The van der Waals surface area contributed by atoms with Crippen LogP contribution in [0, 0.1) is 22.7 Å². The fraction of sp³-hybridized carbons (Fsp3) is 0.273. The second-order valence-electron chi connectivity index (χ2n) is 3.34. The summed E-state index contributed by atoms with van der Waals surface area (Å²) in [5, 5.41) is 17.7. The molecule has 1 aliphatic carbocycles. The van der Waals surface area contributed by atoms with Crippen LogP contribution in [0.1, 0.15) is 23.3 Å². The van der Waals surface area contributed by atoms with E-state index in [2.05, 4.69) is 0 Å². The molecule has 0 unspecified atom stereocenters. The number of hydrogen-bond donors (Lipinski definition) is 0. The molecule has 0 fully saturated rings. The molecule has 0 saturated carbocycles. The first kappa shape index (κ1) is 10.2. The minimum Gasteiger partial charge on any atom is -0.192 e. The summed E-state index contributed by atoms with van der Waals surface area (Å²) in [4.78, 5) is 1.03. The highest BCUT2D eigenvalue weighted by molar-refractivity contribution is 7.17. The summed E-state index contributed by atoms with van der Waals surface area (Å²) in [7, 11) is 0. The summed E-state index contributed by atoms with van der Waals surface area (Å²) in [6, 6.07) is 5.84. The molecule has 1 aromatic rings. The number of allylic oxidation sites excluding steroid dienone is 2. The first-order valence-corrected chi connectivity index (χ1v) is 5.77. The van der Waals surface area contributed by atoms with Gasteiger partial charge in [-0.05, 0) is 36.5 Å². The van der Waals surface area contributed by atoms with Crippen LogP contribution in [-0.4, -0.2) is 0 Å². The highest BCUT2D eigenvalue weighted by atomic mass is 35.5. The molecule has 2 nitrogen and oxygen atoms in total. The predicted octanol–water partition coefficient (Wildman–Crippen LogP) is 3.54. The van der Waals surface area contributed by atoms with Crippen LogP contribution in [0.2, 0.25) is 4.34 Å². The van der Waals surface area contributed by atoms with Crippen LogP contribution < -0.4 is 0 Å². The van der Waals surface area contributed by atoms with E-state index in [1.165, 1.54) is 16.9 Å². The maximum Gasteiger partial charge on any atom is 0.134 e. The number of nitriles is 2. The Labute approximate surface area is 97.0 Å². The quantitative estimate of drug-likeness (QED) is 0.645. The van der Waals surface area contributed by atoms with Gasteiger partial charge in [-0.3, -0.25) is 0 Å². The van der Waals surface area contributed by atoms with E-state index >= 15 is 0 Å². The average molecular weight is 235 g/mol. The minimum absolute atomic E-state index is 0.231. The van der Waals surface area contributed by atoms with Gasteiger partial charge in [0.25, 0.3) is 0 Å². The normalized spacial score (nSPS) is 13.9. The van der Waals surface area contributed by atoms with Crippen molar-refractivity contribution in [2.75, 3.05) is 0 Å². The standard InChI is InChI=1S/C11H7ClN2S/c12-10-4-7-2-1-3-9(11(7)15-10)8(5-13)6-14/h4H,1-3H2. The topological polar surface area (TPSA) is 47.6 Å². The zero-order valence-corrected chi connectivity index (χ0v) is 9.45. The van der Waals surface area contributed by atoms with Crippen molar-refractivity contribution in [2.45, 2.75) is 19.3 Å². The number of fused-ring (bicyclic) bond motifs is 1. The van der Waals surface area contributed by atoms with Crippen molar-refractivity contribution < 1.29 is 0 Å². The first-order chi connectivity index (χ1) is 7.26. The Bertz CT molecular complexity index is 498. The summed E-state index contributed by atoms with van der Waals surface area (Å²) in [6.45, 7) is 0. The molecule has 0 radical (unpaired) electrons. The highest BCUT2D eigenvalue weighted by Gasteiger charge is 2.20. The lowest BCUT2D eigenvalue weighted by atomic mass is 9.92. The van der Waals surface area contributed by atoms with Gasteiger partial charge in [-0.1, -0.05) is 11.6 Å². The number of halogens is 1. The maximum absolute atomic E-state index is 8.85. The lowest BCUT2D eigenvalue weighted by molar-refractivity contribution is 0.829. The van der Waals surface area contributed by atoms with E-state index in [0.717, 1.165) is 34.0 Å². The zero-order valence-electron chi connectivity index (χ0n) is 7.88. The smallest absolute Gasteiger partial charge is 0.134 e. The molecular weight excluding hydrogens is 228 g/mol. The van der Waals surface area contributed by atoms with Crippen molar-refractivity contribution in [3.63, 3.8) is 0 Å². The first-order valence-electron chi connectivity index (χ1n) is 4.58. The molecule has 0 amide bonds. The van der Waals surface area contributed by atoms with Crippen molar-refractivity contribution >= 4 is 28.5 Å². The van der Waals surface area contributed by atoms with Crippen molar-refractivity contribution in [2.24, 2.45) is 0 Å². The van der Waals surface area contributed by atoms with E-state index < -0.39 is 0 Å². The van der Waals surface area contributed by atoms with Gasteiger partial charge in [-0.15, -0.1) is 11.3 Å². The Hall–Kier alpha value is -1.29. The molecule has 4 heteroatoms. The number of thiophene rings is 1. The molecule has 0 spiro atoms. The SMILES string of the molecule is N#CC(C#N)=C1CCCc2cc(Cl)sc21. The fourth-order valence-electron chi connectivity index (χ4n) is 1.80. The van der Waals surface area contributed by atoms with Gasteiger partial charge in [0.05, 0.1) is 4.34 Å². The maximum atomic E-state index is 8.85. The molecule has 1 aromatic heterocycles. The Morgan fingerprint density at radius 3 is 2.73 bits per heavy atom. The van der Waals surface area contributed by atoms with Crippen molar-refractivity contribution in [1.29, 1.82) is 10.5 Å². The lowest BCUT2D eigenvalue weighted by Crippen LogP contribution is -1.99. The molecular formula is C11H7ClN2S. The third-order valence-electron chi connectivity index (χ3n) is 2.45. The van der Waals surface area contributed by atoms with E-state index in [-0.39, 0.29) is 5.57 Å². The largest absolute Gasteiger partial charge is 0.192 e. The van der Waals surface area contributed by atoms with Gasteiger partial charge in [0, 0.05) is 4.88 Å². The summed E-state index contributed by atoms with van der Waals surface area (Å²) in [5.74, 6) is 0. The summed E-state index contributed by atoms with van der Waals surface area (Å²) >= 11 is 7.40. The van der Waals surface area contributed by atoms with Crippen LogP contribution in [0.5, 0.6) is 0 Å². The van der Waals surface area contributed by atoms with Crippen LogP contribution >= 0.6 is 22.9 Å². The molecule has 0 saturated heterocycles. The van der Waals surface area contributed by atoms with Crippen molar-refractivity contribution in [3.05, 3.63) is 26.4 Å². The predicted molar refractivity (Wildman–Crippen MR) is 60.4 cm³/mol. The molecule has 0 aliphatic heterocycles. The van der Waals surface area contributed by atoms with Crippen LogP contribution in [0.15, 0.2) is 11.6 Å². The minimum atomic E-state index is 0.231. The number of nitrogens with zero attached hydrogens (tertiary/aromatic N) is 2. The van der Waals surface area contributed by atoms with Crippen molar-refractivity contribution in [3.8, 4) is 12.1 Å². The van der Waals surface area contributed by atoms with Gasteiger partial charge in [-0.25, -0.2) is 0 Å². The van der Waals surface area contributed by atoms with E-state index in [0.29, 0.717) is 0 Å². The van der Waals surface area contributed by atoms with E-state index in [4.69, 9.17) is 22.1 Å². The van der Waals surface area contributed by atoms with E-state index in [1.807, 2.05) is 18.2 Å².